The summed E-state index contributed by atoms with van der Waals surface area (Å²) in [4.78, 5) is 9.77. The predicted molar refractivity (Wildman–Crippen MR) is 112 cm³/mol. The van der Waals surface area contributed by atoms with Crippen LogP contribution in [0.4, 0.5) is 0 Å². The maximum atomic E-state index is 4.58. The monoisotopic (exact) mass is 380 g/mol. The summed E-state index contributed by atoms with van der Waals surface area (Å²) in [6.07, 6.45) is 4.50. The zero-order chi connectivity index (χ0) is 19.2. The van der Waals surface area contributed by atoms with Gasteiger partial charge in [-0.3, -0.25) is 14.8 Å². The Morgan fingerprint density at radius 3 is 2.71 bits per heavy atom. The summed E-state index contributed by atoms with van der Waals surface area (Å²) in [6, 6.07) is 18.1. The van der Waals surface area contributed by atoms with Crippen molar-refractivity contribution in [3.63, 3.8) is 0 Å². The van der Waals surface area contributed by atoms with Crippen LogP contribution in [0.3, 0.4) is 0 Å². The van der Waals surface area contributed by atoms with Gasteiger partial charge in [-0.05, 0) is 43.6 Å². The van der Waals surface area contributed by atoms with E-state index in [1.165, 1.54) is 24.9 Å². The molecular formula is C22H32N6. The lowest BCUT2D eigenvalue weighted by molar-refractivity contribution is 0.157. The van der Waals surface area contributed by atoms with Crippen molar-refractivity contribution in [1.29, 1.82) is 0 Å². The van der Waals surface area contributed by atoms with Gasteiger partial charge in [-0.15, -0.1) is 0 Å². The van der Waals surface area contributed by atoms with Crippen LogP contribution in [0.2, 0.25) is 0 Å². The van der Waals surface area contributed by atoms with Crippen molar-refractivity contribution in [2.45, 2.75) is 44.4 Å². The Hall–Kier alpha value is -1.83. The second-order valence-corrected chi connectivity index (χ2v) is 7.85. The minimum atomic E-state index is 0.248. The molecule has 150 valence electrons. The number of rotatable bonds is 8. The Labute approximate surface area is 168 Å². The van der Waals surface area contributed by atoms with E-state index in [-0.39, 0.29) is 6.04 Å². The number of likely N-dealkylation sites (N-methyl/N-ethyl adjacent to an activating group) is 1. The summed E-state index contributed by atoms with van der Waals surface area (Å²) in [7, 11) is 0. The van der Waals surface area contributed by atoms with Gasteiger partial charge in [-0.1, -0.05) is 43.3 Å². The zero-order valence-corrected chi connectivity index (χ0v) is 16.7. The number of hydrogen-bond acceptors (Lipinski definition) is 6. The smallest absolute Gasteiger partial charge is 0.0655 e. The van der Waals surface area contributed by atoms with E-state index in [0.717, 1.165) is 31.9 Å². The van der Waals surface area contributed by atoms with Crippen LogP contribution in [-0.2, 0) is 6.54 Å². The first-order valence-electron chi connectivity index (χ1n) is 10.5. The van der Waals surface area contributed by atoms with Crippen LogP contribution in [0.15, 0.2) is 54.7 Å². The van der Waals surface area contributed by atoms with Crippen LogP contribution >= 0.6 is 0 Å². The molecule has 6 heteroatoms. The van der Waals surface area contributed by atoms with E-state index in [0.29, 0.717) is 12.1 Å². The first kappa shape index (κ1) is 19.5. The van der Waals surface area contributed by atoms with Crippen LogP contribution in [0.25, 0.3) is 0 Å². The van der Waals surface area contributed by atoms with Gasteiger partial charge in [0.1, 0.15) is 0 Å². The van der Waals surface area contributed by atoms with Crippen molar-refractivity contribution >= 4 is 0 Å². The minimum Gasteiger partial charge on any atom is -0.299 e. The molecule has 6 nitrogen and oxygen atoms in total. The molecule has 0 bridgehead atoms. The van der Waals surface area contributed by atoms with Crippen LogP contribution in [0, 0.1) is 0 Å². The Morgan fingerprint density at radius 1 is 1.07 bits per heavy atom. The topological polar surface area (TPSA) is 55.5 Å². The molecule has 2 aliphatic heterocycles. The van der Waals surface area contributed by atoms with Crippen molar-refractivity contribution in [2.24, 2.45) is 0 Å². The number of nitrogens with one attached hydrogen (secondary N) is 3. The van der Waals surface area contributed by atoms with Gasteiger partial charge in [0.2, 0.25) is 0 Å². The summed E-state index contributed by atoms with van der Waals surface area (Å²) in [5.41, 5.74) is 12.4. The highest BCUT2D eigenvalue weighted by Gasteiger charge is 2.32. The molecule has 0 saturated carbocycles. The number of likely N-dealkylation sites (tertiary alicyclic amines) is 1. The maximum absolute atomic E-state index is 4.58. The van der Waals surface area contributed by atoms with Crippen molar-refractivity contribution in [3.05, 3.63) is 66.0 Å². The molecule has 1 aromatic carbocycles. The van der Waals surface area contributed by atoms with Gasteiger partial charge in [0.15, 0.2) is 0 Å². The molecule has 4 rings (SSSR count). The molecule has 2 fully saturated rings. The summed E-state index contributed by atoms with van der Waals surface area (Å²) in [6.45, 7) is 7.58. The van der Waals surface area contributed by atoms with Gasteiger partial charge in [0.05, 0.1) is 17.8 Å². The van der Waals surface area contributed by atoms with E-state index >= 15 is 0 Å². The van der Waals surface area contributed by atoms with Crippen LogP contribution in [-0.4, -0.2) is 53.0 Å². The summed E-state index contributed by atoms with van der Waals surface area (Å²) in [5, 5.41) is 0. The second-order valence-electron chi connectivity index (χ2n) is 7.85. The van der Waals surface area contributed by atoms with Crippen LogP contribution in [0.5, 0.6) is 0 Å². The molecule has 2 saturated heterocycles. The zero-order valence-electron chi connectivity index (χ0n) is 16.7. The largest absolute Gasteiger partial charge is 0.299 e. The molecule has 0 spiro atoms. The Kier molecular flexibility index (Phi) is 6.67. The number of benzene rings is 1. The fraction of sp³-hybridized carbons (Fsp3) is 0.500. The number of hydrogen-bond donors (Lipinski definition) is 3. The minimum absolute atomic E-state index is 0.248. The van der Waals surface area contributed by atoms with E-state index in [1.807, 2.05) is 12.3 Å². The highest BCUT2D eigenvalue weighted by Crippen LogP contribution is 2.22. The normalized spacial score (nSPS) is 25.6. The molecule has 3 unspecified atom stereocenters. The number of hydrazine groups is 2. The van der Waals surface area contributed by atoms with Gasteiger partial charge in [0, 0.05) is 31.9 Å². The quantitative estimate of drug-likeness (QED) is 0.652. The number of pyridine rings is 1. The summed E-state index contributed by atoms with van der Waals surface area (Å²) >= 11 is 0. The maximum Gasteiger partial charge on any atom is 0.0655 e. The Balaban J connectivity index is 1.47. The Bertz CT molecular complexity index is 709. The van der Waals surface area contributed by atoms with Gasteiger partial charge >= 0.3 is 0 Å². The van der Waals surface area contributed by atoms with Crippen molar-refractivity contribution < 1.29 is 0 Å². The Morgan fingerprint density at radius 2 is 1.93 bits per heavy atom. The third kappa shape index (κ3) is 4.77. The van der Waals surface area contributed by atoms with Crippen molar-refractivity contribution in [3.8, 4) is 0 Å². The first-order chi connectivity index (χ1) is 13.8. The molecule has 2 aromatic rings. The number of aromatic nitrogens is 1. The highest BCUT2D eigenvalue weighted by molar-refractivity contribution is 5.21. The van der Waals surface area contributed by atoms with E-state index < -0.39 is 0 Å². The molecule has 3 N–H and O–H groups in total. The van der Waals surface area contributed by atoms with Crippen LogP contribution in [0.1, 0.15) is 37.1 Å². The average molecular weight is 381 g/mol. The molecule has 3 atom stereocenters. The highest BCUT2D eigenvalue weighted by atomic mass is 15.7. The van der Waals surface area contributed by atoms with Crippen molar-refractivity contribution in [1.82, 2.24) is 31.2 Å². The lowest BCUT2D eigenvalue weighted by Crippen LogP contribution is -2.46. The summed E-state index contributed by atoms with van der Waals surface area (Å²) in [5.74, 6) is 0. The predicted octanol–water partition coefficient (Wildman–Crippen LogP) is 2.09. The summed E-state index contributed by atoms with van der Waals surface area (Å²) < 4.78 is 0. The fourth-order valence-electron chi connectivity index (χ4n) is 4.54. The van der Waals surface area contributed by atoms with Crippen LogP contribution < -0.4 is 16.4 Å². The van der Waals surface area contributed by atoms with E-state index in [4.69, 9.17) is 0 Å². The van der Waals surface area contributed by atoms with E-state index in [2.05, 4.69) is 80.6 Å². The van der Waals surface area contributed by atoms with E-state index in [9.17, 15) is 0 Å². The number of nitrogens with zero attached hydrogens (tertiary/aromatic N) is 3. The van der Waals surface area contributed by atoms with Gasteiger partial charge in [-0.2, -0.15) is 5.53 Å². The molecule has 1 aromatic heterocycles. The van der Waals surface area contributed by atoms with Gasteiger partial charge in [0.25, 0.3) is 0 Å². The molecule has 0 radical (unpaired) electrons. The lowest BCUT2D eigenvalue weighted by atomic mass is 10.00. The fourth-order valence-corrected chi connectivity index (χ4v) is 4.54. The third-order valence-corrected chi connectivity index (χ3v) is 5.99. The van der Waals surface area contributed by atoms with Gasteiger partial charge in [-0.25, -0.2) is 10.9 Å². The van der Waals surface area contributed by atoms with Crippen molar-refractivity contribution in [2.75, 3.05) is 26.2 Å². The second kappa shape index (κ2) is 9.58. The molecule has 3 heterocycles. The molecule has 2 aliphatic rings. The molecule has 0 aliphatic carbocycles. The SMILES string of the molecule is CCN1CCCC1CN(Cc1ccccn1)CC1NNNC1c1ccccc1. The molecule has 0 amide bonds. The molecule has 28 heavy (non-hydrogen) atoms. The molecular weight excluding hydrogens is 348 g/mol. The average Bonchev–Trinajstić information content (AvgIpc) is 3.38. The van der Waals surface area contributed by atoms with E-state index in [1.54, 1.807) is 0 Å². The first-order valence-corrected chi connectivity index (χ1v) is 10.5. The lowest BCUT2D eigenvalue weighted by Gasteiger charge is -2.32. The van der Waals surface area contributed by atoms with Gasteiger partial charge < -0.3 is 0 Å². The standard InChI is InChI=1S/C22H32N6/c1-2-28-14-8-12-20(28)16-27(15-19-11-6-7-13-23-19)17-21-22(25-26-24-21)18-9-4-3-5-10-18/h3-7,9-11,13,20-22,24-26H,2,8,12,14-17H2,1H3. The third-order valence-electron chi connectivity index (χ3n) is 5.99.